The Morgan fingerprint density at radius 2 is 1.70 bits per heavy atom. The molecule has 3 aromatic carbocycles. The first-order valence-electron chi connectivity index (χ1n) is 9.60. The van der Waals surface area contributed by atoms with Crippen molar-refractivity contribution in [3.63, 3.8) is 0 Å². The Morgan fingerprint density at radius 3 is 2.30 bits per heavy atom. The molecule has 0 aromatic heterocycles. The number of aryl methyl sites for hydroxylation is 1. The third-order valence-corrected chi connectivity index (χ3v) is 5.72. The number of methoxy groups -OCH3 is 1. The summed E-state index contributed by atoms with van der Waals surface area (Å²) >= 11 is 0. The van der Waals surface area contributed by atoms with E-state index in [1.807, 2.05) is 6.92 Å². The first-order valence-corrected chi connectivity index (χ1v) is 11.0. The second-order valence-electron chi connectivity index (χ2n) is 6.89. The van der Waals surface area contributed by atoms with E-state index in [0.717, 1.165) is 5.56 Å². The summed E-state index contributed by atoms with van der Waals surface area (Å²) < 4.78 is 48.6. The van der Waals surface area contributed by atoms with Gasteiger partial charge in [0, 0.05) is 5.69 Å². The molecule has 1 amide bonds. The Labute approximate surface area is 190 Å². The fourth-order valence-electron chi connectivity index (χ4n) is 2.76. The summed E-state index contributed by atoms with van der Waals surface area (Å²) in [6.45, 7) is 1.84. The van der Waals surface area contributed by atoms with E-state index in [-0.39, 0.29) is 22.0 Å². The Bertz CT molecular complexity index is 1340. The monoisotopic (exact) mass is 466 g/mol. The minimum atomic E-state index is -4.09. The van der Waals surface area contributed by atoms with Crippen LogP contribution in [0.5, 0.6) is 11.5 Å². The Morgan fingerprint density at radius 1 is 1.03 bits per heavy atom. The Kier molecular flexibility index (Phi) is 7.10. The summed E-state index contributed by atoms with van der Waals surface area (Å²) in [5, 5.41) is 11.9. The van der Waals surface area contributed by atoms with Crippen LogP contribution in [0, 0.1) is 24.1 Å². The molecular weight excluding hydrogens is 447 g/mol. The van der Waals surface area contributed by atoms with Crippen LogP contribution in [0.2, 0.25) is 0 Å². The number of hydrogen-bond acceptors (Lipinski definition) is 6. The van der Waals surface area contributed by atoms with Crippen molar-refractivity contribution in [2.24, 2.45) is 0 Å². The molecule has 0 aliphatic carbocycles. The maximum atomic E-state index is 13.0. The molecule has 0 radical (unpaired) electrons. The van der Waals surface area contributed by atoms with E-state index in [2.05, 4.69) is 5.32 Å². The molecule has 3 rings (SSSR count). The number of anilines is 1. The molecule has 0 aliphatic heterocycles. The number of carbonyl (C=O) groups excluding carboxylic acids is 1. The van der Waals surface area contributed by atoms with Gasteiger partial charge in [-0.3, -0.25) is 4.79 Å². The van der Waals surface area contributed by atoms with Gasteiger partial charge >= 0.3 is 10.1 Å². The first-order chi connectivity index (χ1) is 15.7. The SMILES string of the molecule is COc1cc(/C=C(\C#N)C(=O)Nc2ccc(F)cc2)ccc1OS(=O)(=O)c1ccc(C)cc1. The average Bonchev–Trinajstić information content (AvgIpc) is 2.79. The number of hydrogen-bond donors (Lipinski definition) is 1. The van der Waals surface area contributed by atoms with E-state index in [4.69, 9.17) is 8.92 Å². The van der Waals surface area contributed by atoms with Gasteiger partial charge in [-0.15, -0.1) is 0 Å². The second-order valence-corrected chi connectivity index (χ2v) is 8.44. The lowest BCUT2D eigenvalue weighted by Crippen LogP contribution is -2.13. The van der Waals surface area contributed by atoms with Gasteiger partial charge in [-0.2, -0.15) is 13.7 Å². The molecule has 9 heteroatoms. The van der Waals surface area contributed by atoms with Crippen LogP contribution in [0.3, 0.4) is 0 Å². The second kappa shape index (κ2) is 9.97. The van der Waals surface area contributed by atoms with E-state index >= 15 is 0 Å². The van der Waals surface area contributed by atoms with Crippen molar-refractivity contribution in [1.82, 2.24) is 0 Å². The lowest BCUT2D eigenvalue weighted by Gasteiger charge is -2.12. The minimum absolute atomic E-state index is 0.0108. The summed E-state index contributed by atoms with van der Waals surface area (Å²) in [7, 11) is -2.76. The number of carbonyl (C=O) groups is 1. The van der Waals surface area contributed by atoms with E-state index in [0.29, 0.717) is 11.3 Å². The van der Waals surface area contributed by atoms with Crippen LogP contribution < -0.4 is 14.2 Å². The lowest BCUT2D eigenvalue weighted by atomic mass is 10.1. The van der Waals surface area contributed by atoms with Crippen LogP contribution in [-0.2, 0) is 14.9 Å². The van der Waals surface area contributed by atoms with Crippen LogP contribution in [0.25, 0.3) is 6.08 Å². The van der Waals surface area contributed by atoms with E-state index < -0.39 is 21.8 Å². The molecule has 0 spiro atoms. The molecule has 33 heavy (non-hydrogen) atoms. The van der Waals surface area contributed by atoms with Crippen molar-refractivity contribution < 1.29 is 26.5 Å². The number of rotatable bonds is 7. The average molecular weight is 466 g/mol. The van der Waals surface area contributed by atoms with Gasteiger partial charge in [0.1, 0.15) is 22.4 Å². The van der Waals surface area contributed by atoms with Crippen LogP contribution in [0.15, 0.2) is 77.2 Å². The molecule has 3 aromatic rings. The molecule has 1 N–H and O–H groups in total. The molecule has 0 aliphatic rings. The first kappa shape index (κ1) is 23.5. The largest absolute Gasteiger partial charge is 0.493 e. The summed E-state index contributed by atoms with van der Waals surface area (Å²) in [4.78, 5) is 12.4. The van der Waals surface area contributed by atoms with Crippen molar-refractivity contribution in [3.8, 4) is 17.6 Å². The Balaban J connectivity index is 1.83. The lowest BCUT2D eigenvalue weighted by molar-refractivity contribution is -0.112. The summed E-state index contributed by atoms with van der Waals surface area (Å²) in [6.07, 6.45) is 1.31. The van der Waals surface area contributed by atoms with Crippen molar-refractivity contribution in [3.05, 3.63) is 89.2 Å². The van der Waals surface area contributed by atoms with Gasteiger partial charge in [-0.05, 0) is 67.1 Å². The molecule has 0 heterocycles. The van der Waals surface area contributed by atoms with Crippen molar-refractivity contribution in [2.45, 2.75) is 11.8 Å². The quantitative estimate of drug-likeness (QED) is 0.313. The number of nitrogens with zero attached hydrogens (tertiary/aromatic N) is 1. The topological polar surface area (TPSA) is 105 Å². The highest BCUT2D eigenvalue weighted by Gasteiger charge is 2.19. The predicted molar refractivity (Wildman–Crippen MR) is 121 cm³/mol. The molecule has 7 nitrogen and oxygen atoms in total. The van der Waals surface area contributed by atoms with Crippen molar-refractivity contribution >= 4 is 27.8 Å². The summed E-state index contributed by atoms with van der Waals surface area (Å²) in [5.74, 6) is -1.10. The predicted octanol–water partition coefficient (Wildman–Crippen LogP) is 4.46. The number of halogens is 1. The van der Waals surface area contributed by atoms with Crippen LogP contribution in [0.4, 0.5) is 10.1 Å². The number of nitriles is 1. The van der Waals surface area contributed by atoms with E-state index in [1.165, 1.54) is 67.8 Å². The highest BCUT2D eigenvalue weighted by molar-refractivity contribution is 7.87. The highest BCUT2D eigenvalue weighted by Crippen LogP contribution is 2.31. The van der Waals surface area contributed by atoms with Crippen molar-refractivity contribution in [2.75, 3.05) is 12.4 Å². The van der Waals surface area contributed by atoms with E-state index in [9.17, 15) is 22.9 Å². The zero-order chi connectivity index (χ0) is 24.0. The minimum Gasteiger partial charge on any atom is -0.493 e. The third kappa shape index (κ3) is 5.96. The normalized spacial score (nSPS) is 11.4. The molecule has 0 saturated carbocycles. The fourth-order valence-corrected chi connectivity index (χ4v) is 3.70. The zero-order valence-electron chi connectivity index (χ0n) is 17.7. The number of ether oxygens (including phenoxy) is 1. The van der Waals surface area contributed by atoms with E-state index in [1.54, 1.807) is 18.2 Å². The Hall–Kier alpha value is -4.16. The molecule has 0 fully saturated rings. The zero-order valence-corrected chi connectivity index (χ0v) is 18.5. The standard InChI is InChI=1S/C24H19FN2O5S/c1-16-3-10-21(11-4-16)33(29,30)32-22-12-5-17(14-23(22)31-2)13-18(15-26)24(28)27-20-8-6-19(25)7-9-20/h3-14H,1-2H3,(H,27,28)/b18-13+. The molecule has 168 valence electrons. The smallest absolute Gasteiger partial charge is 0.339 e. The number of amides is 1. The summed E-state index contributed by atoms with van der Waals surface area (Å²) in [5.41, 5.74) is 1.41. The molecule has 0 saturated heterocycles. The van der Waals surface area contributed by atoms with Gasteiger partial charge in [0.2, 0.25) is 0 Å². The van der Waals surface area contributed by atoms with Gasteiger partial charge in [0.05, 0.1) is 7.11 Å². The van der Waals surface area contributed by atoms with Crippen molar-refractivity contribution in [1.29, 1.82) is 5.26 Å². The van der Waals surface area contributed by atoms with Crippen LogP contribution in [0.1, 0.15) is 11.1 Å². The fraction of sp³-hybridized carbons (Fsp3) is 0.0833. The molecule has 0 bridgehead atoms. The summed E-state index contributed by atoms with van der Waals surface area (Å²) in [6, 6.07) is 17.4. The number of nitrogens with one attached hydrogen (secondary N) is 1. The third-order valence-electron chi connectivity index (χ3n) is 4.48. The number of benzene rings is 3. The maximum absolute atomic E-state index is 13.0. The molecular formula is C24H19FN2O5S. The molecule has 0 atom stereocenters. The maximum Gasteiger partial charge on any atom is 0.339 e. The van der Waals surface area contributed by atoms with Gasteiger partial charge in [0.15, 0.2) is 11.5 Å². The van der Waals surface area contributed by atoms with Crippen LogP contribution >= 0.6 is 0 Å². The molecule has 0 unspecified atom stereocenters. The van der Waals surface area contributed by atoms with Gasteiger partial charge in [-0.25, -0.2) is 4.39 Å². The highest BCUT2D eigenvalue weighted by atomic mass is 32.2. The van der Waals surface area contributed by atoms with Gasteiger partial charge < -0.3 is 14.2 Å². The van der Waals surface area contributed by atoms with Crippen LogP contribution in [-0.4, -0.2) is 21.4 Å². The van der Waals surface area contributed by atoms with Gasteiger partial charge in [0.25, 0.3) is 5.91 Å². The van der Waals surface area contributed by atoms with Gasteiger partial charge in [-0.1, -0.05) is 23.8 Å².